The number of allylic oxidation sites excluding steroid dienone is 1. The van der Waals surface area contributed by atoms with E-state index in [1.807, 2.05) is 45.9 Å². The van der Waals surface area contributed by atoms with Gasteiger partial charge in [0.15, 0.2) is 0 Å². The van der Waals surface area contributed by atoms with E-state index >= 15 is 0 Å². The van der Waals surface area contributed by atoms with Crippen LogP contribution in [0.25, 0.3) is 6.08 Å². The SMILES string of the molecule is Cc1ccc(/C=C/C(c2cc(C)c(C)c(C)c2)C(F)(F)F)cc1Br.O=CO. The third kappa shape index (κ3) is 6.54. The predicted molar refractivity (Wildman–Crippen MR) is 106 cm³/mol. The largest absolute Gasteiger partial charge is 0.483 e. The zero-order valence-corrected chi connectivity index (χ0v) is 17.1. The van der Waals surface area contributed by atoms with Gasteiger partial charge in [0.25, 0.3) is 6.47 Å². The summed E-state index contributed by atoms with van der Waals surface area (Å²) < 4.78 is 41.6. The molecular formula is C21H22BrF3O2. The monoisotopic (exact) mass is 442 g/mol. The van der Waals surface area contributed by atoms with Crippen molar-refractivity contribution in [1.29, 1.82) is 0 Å². The summed E-state index contributed by atoms with van der Waals surface area (Å²) in [5.41, 5.74) is 4.86. The van der Waals surface area contributed by atoms with Crippen LogP contribution in [0.5, 0.6) is 0 Å². The maximum atomic E-state index is 13.6. The third-order valence-electron chi connectivity index (χ3n) is 4.34. The predicted octanol–water partition coefficient (Wildman–Crippen LogP) is 6.74. The number of rotatable bonds is 3. The Bertz CT molecular complexity index is 804. The highest BCUT2D eigenvalue weighted by molar-refractivity contribution is 9.10. The Hall–Kier alpha value is -2.08. The molecule has 0 heterocycles. The highest BCUT2D eigenvalue weighted by Gasteiger charge is 2.39. The maximum absolute atomic E-state index is 13.6. The minimum absolute atomic E-state index is 0.250. The van der Waals surface area contributed by atoms with E-state index in [4.69, 9.17) is 9.90 Å². The van der Waals surface area contributed by atoms with E-state index in [1.54, 1.807) is 12.1 Å². The molecule has 6 heteroatoms. The molecule has 1 atom stereocenters. The van der Waals surface area contributed by atoms with Gasteiger partial charge in [-0.15, -0.1) is 0 Å². The highest BCUT2D eigenvalue weighted by Crippen LogP contribution is 2.37. The van der Waals surface area contributed by atoms with Gasteiger partial charge in [-0.1, -0.05) is 52.3 Å². The smallest absolute Gasteiger partial charge is 0.399 e. The van der Waals surface area contributed by atoms with Crippen molar-refractivity contribution in [2.75, 3.05) is 0 Å². The number of hydrogen-bond acceptors (Lipinski definition) is 1. The van der Waals surface area contributed by atoms with Gasteiger partial charge < -0.3 is 5.11 Å². The number of benzene rings is 2. The first-order chi connectivity index (χ1) is 12.5. The Morgan fingerprint density at radius 2 is 1.52 bits per heavy atom. The van der Waals surface area contributed by atoms with Crippen LogP contribution in [0.1, 0.15) is 39.3 Å². The zero-order chi connectivity index (χ0) is 20.8. The van der Waals surface area contributed by atoms with Crippen molar-refractivity contribution in [1.82, 2.24) is 0 Å². The molecule has 0 aliphatic heterocycles. The molecule has 2 nitrogen and oxygen atoms in total. The first-order valence-corrected chi connectivity index (χ1v) is 8.97. The number of alkyl halides is 3. The van der Waals surface area contributed by atoms with Crippen molar-refractivity contribution in [2.45, 2.75) is 39.8 Å². The summed E-state index contributed by atoms with van der Waals surface area (Å²) in [5, 5.41) is 6.89. The van der Waals surface area contributed by atoms with Crippen LogP contribution >= 0.6 is 15.9 Å². The Morgan fingerprint density at radius 1 is 1.00 bits per heavy atom. The second kappa shape index (κ2) is 9.74. The standard InChI is InChI=1S/C20H20BrF3.CH2O2/c1-12-5-6-16(11-19(12)21)7-8-18(20(22,23)24)17-9-13(2)15(4)14(3)10-17;2-1-3/h5-11,18H,1-4H3;1H,(H,2,3)/b8-7+;. The van der Waals surface area contributed by atoms with Gasteiger partial charge in [0.2, 0.25) is 0 Å². The van der Waals surface area contributed by atoms with Crippen LogP contribution in [0, 0.1) is 27.7 Å². The molecular weight excluding hydrogens is 421 g/mol. The van der Waals surface area contributed by atoms with E-state index in [1.165, 1.54) is 12.2 Å². The quantitative estimate of drug-likeness (QED) is 0.534. The molecule has 0 aromatic heterocycles. The lowest BCUT2D eigenvalue weighted by Crippen LogP contribution is -2.19. The Kier molecular flexibility index (Phi) is 8.28. The molecule has 0 bridgehead atoms. The van der Waals surface area contributed by atoms with Gasteiger partial charge in [0.1, 0.15) is 0 Å². The Labute approximate surface area is 165 Å². The lowest BCUT2D eigenvalue weighted by atomic mass is 9.91. The van der Waals surface area contributed by atoms with Gasteiger partial charge in [-0.05, 0) is 67.1 Å². The molecule has 0 radical (unpaired) electrons. The van der Waals surface area contributed by atoms with Crippen molar-refractivity contribution in [2.24, 2.45) is 0 Å². The van der Waals surface area contributed by atoms with Crippen LogP contribution in [0.4, 0.5) is 13.2 Å². The topological polar surface area (TPSA) is 37.3 Å². The van der Waals surface area contributed by atoms with E-state index in [-0.39, 0.29) is 12.0 Å². The van der Waals surface area contributed by atoms with Crippen LogP contribution < -0.4 is 0 Å². The van der Waals surface area contributed by atoms with Gasteiger partial charge >= 0.3 is 6.18 Å². The average Bonchev–Trinajstić information content (AvgIpc) is 2.55. The number of carboxylic acid groups (broad SMARTS) is 1. The summed E-state index contributed by atoms with van der Waals surface area (Å²) in [6, 6.07) is 8.79. The van der Waals surface area contributed by atoms with Gasteiger partial charge in [0.05, 0.1) is 5.92 Å². The lowest BCUT2D eigenvalue weighted by Gasteiger charge is -2.19. The minimum Gasteiger partial charge on any atom is -0.483 e. The molecule has 0 aliphatic rings. The molecule has 146 valence electrons. The van der Waals surface area contributed by atoms with Crippen molar-refractivity contribution in [3.8, 4) is 0 Å². The van der Waals surface area contributed by atoms with Crippen molar-refractivity contribution < 1.29 is 23.1 Å². The van der Waals surface area contributed by atoms with Crippen LogP contribution in [-0.2, 0) is 4.79 Å². The number of halogens is 4. The summed E-state index contributed by atoms with van der Waals surface area (Å²) in [7, 11) is 0. The molecule has 0 aliphatic carbocycles. The molecule has 2 aromatic carbocycles. The fourth-order valence-corrected chi connectivity index (χ4v) is 2.97. The van der Waals surface area contributed by atoms with Gasteiger partial charge in [-0.25, -0.2) is 0 Å². The molecule has 0 fully saturated rings. The summed E-state index contributed by atoms with van der Waals surface area (Å²) in [6.45, 7) is 7.31. The van der Waals surface area contributed by atoms with Crippen molar-refractivity contribution in [3.05, 3.63) is 74.3 Å². The summed E-state index contributed by atoms with van der Waals surface area (Å²) in [6.07, 6.45) is -1.56. The summed E-state index contributed by atoms with van der Waals surface area (Å²) in [5.74, 6) is -1.62. The van der Waals surface area contributed by atoms with Crippen LogP contribution in [-0.4, -0.2) is 17.8 Å². The van der Waals surface area contributed by atoms with E-state index in [2.05, 4.69) is 15.9 Å². The van der Waals surface area contributed by atoms with E-state index in [0.717, 1.165) is 32.3 Å². The van der Waals surface area contributed by atoms with Crippen molar-refractivity contribution in [3.63, 3.8) is 0 Å². The Morgan fingerprint density at radius 3 is 1.96 bits per heavy atom. The molecule has 2 aromatic rings. The van der Waals surface area contributed by atoms with Crippen LogP contribution in [0.15, 0.2) is 40.9 Å². The number of aryl methyl sites for hydroxylation is 3. The van der Waals surface area contributed by atoms with E-state index in [0.29, 0.717) is 0 Å². The molecule has 2 rings (SSSR count). The molecule has 0 saturated heterocycles. The number of carbonyl (C=O) groups is 1. The fraction of sp³-hybridized carbons (Fsp3) is 0.286. The van der Waals surface area contributed by atoms with E-state index in [9.17, 15) is 13.2 Å². The molecule has 27 heavy (non-hydrogen) atoms. The van der Waals surface area contributed by atoms with Gasteiger partial charge in [-0.3, -0.25) is 4.79 Å². The number of hydrogen-bond donors (Lipinski definition) is 1. The van der Waals surface area contributed by atoms with Gasteiger partial charge in [0, 0.05) is 4.47 Å². The van der Waals surface area contributed by atoms with E-state index < -0.39 is 12.1 Å². The first kappa shape index (κ1) is 23.0. The average molecular weight is 443 g/mol. The third-order valence-corrected chi connectivity index (χ3v) is 5.19. The van der Waals surface area contributed by atoms with Gasteiger partial charge in [-0.2, -0.15) is 13.2 Å². The second-order valence-corrected chi connectivity index (χ2v) is 7.13. The molecule has 0 amide bonds. The lowest BCUT2D eigenvalue weighted by molar-refractivity contribution is -0.139. The summed E-state index contributed by atoms with van der Waals surface area (Å²) >= 11 is 3.41. The molecule has 1 N–H and O–H groups in total. The first-order valence-electron chi connectivity index (χ1n) is 8.18. The summed E-state index contributed by atoms with van der Waals surface area (Å²) in [4.78, 5) is 8.36. The minimum atomic E-state index is -4.33. The molecule has 1 unspecified atom stereocenters. The van der Waals surface area contributed by atoms with Crippen LogP contribution in [0.2, 0.25) is 0 Å². The second-order valence-electron chi connectivity index (χ2n) is 6.27. The molecule has 0 saturated carbocycles. The van der Waals surface area contributed by atoms with Crippen molar-refractivity contribution >= 4 is 28.5 Å². The molecule has 0 spiro atoms. The normalized spacial score (nSPS) is 12.4. The van der Waals surface area contributed by atoms with Crippen LogP contribution in [0.3, 0.4) is 0 Å². The maximum Gasteiger partial charge on any atom is 0.399 e. The Balaban J connectivity index is 0.00000114. The highest BCUT2D eigenvalue weighted by atomic mass is 79.9. The zero-order valence-electron chi connectivity index (χ0n) is 15.6. The fourth-order valence-electron chi connectivity index (χ4n) is 2.58.